The molecule has 1 heterocycles. The molecule has 1 amide bonds. The molecule has 21 heavy (non-hydrogen) atoms. The van der Waals surface area contributed by atoms with Gasteiger partial charge in [0.2, 0.25) is 0 Å². The van der Waals surface area contributed by atoms with Crippen molar-refractivity contribution in [3.05, 3.63) is 30.1 Å². The Labute approximate surface area is 126 Å². The maximum atomic E-state index is 11.8. The predicted molar refractivity (Wildman–Crippen MR) is 81.4 cm³/mol. The van der Waals surface area contributed by atoms with Crippen molar-refractivity contribution in [3.63, 3.8) is 0 Å². The van der Waals surface area contributed by atoms with Crippen LogP contribution in [0.15, 0.2) is 24.4 Å². The molecular weight excluding hydrogens is 266 g/mol. The van der Waals surface area contributed by atoms with Crippen molar-refractivity contribution in [1.82, 2.24) is 15.8 Å². The van der Waals surface area contributed by atoms with E-state index in [0.717, 1.165) is 18.5 Å². The molecule has 0 saturated heterocycles. The van der Waals surface area contributed by atoms with Gasteiger partial charge in [0.15, 0.2) is 0 Å². The van der Waals surface area contributed by atoms with Crippen LogP contribution in [0.2, 0.25) is 0 Å². The molecule has 116 valence electrons. The highest BCUT2D eigenvalue weighted by atomic mass is 16.6. The summed E-state index contributed by atoms with van der Waals surface area (Å²) in [6.07, 6.45) is 6.12. The van der Waals surface area contributed by atoms with Crippen molar-refractivity contribution in [2.45, 2.75) is 58.1 Å². The van der Waals surface area contributed by atoms with Gasteiger partial charge in [-0.15, -0.1) is 0 Å². The van der Waals surface area contributed by atoms with E-state index in [9.17, 15) is 4.79 Å². The van der Waals surface area contributed by atoms with E-state index in [1.165, 1.54) is 12.8 Å². The number of ether oxygens (including phenoxy) is 1. The van der Waals surface area contributed by atoms with E-state index in [0.29, 0.717) is 5.92 Å². The van der Waals surface area contributed by atoms with Crippen LogP contribution in [0, 0.1) is 5.92 Å². The predicted octanol–water partition coefficient (Wildman–Crippen LogP) is 3.34. The second-order valence-electron chi connectivity index (χ2n) is 6.55. The molecule has 5 heteroatoms. The number of amides is 1. The van der Waals surface area contributed by atoms with Gasteiger partial charge in [-0.05, 0) is 51.7 Å². The van der Waals surface area contributed by atoms with Crippen molar-refractivity contribution in [2.24, 2.45) is 5.92 Å². The molecule has 0 spiro atoms. The highest BCUT2D eigenvalue weighted by molar-refractivity contribution is 5.67. The van der Waals surface area contributed by atoms with Gasteiger partial charge in [-0.2, -0.15) is 0 Å². The number of hydrazine groups is 1. The molecule has 2 N–H and O–H groups in total. The van der Waals surface area contributed by atoms with E-state index < -0.39 is 11.7 Å². The quantitative estimate of drug-likeness (QED) is 0.835. The van der Waals surface area contributed by atoms with Gasteiger partial charge in [0, 0.05) is 6.20 Å². The number of rotatable bonds is 4. The smallest absolute Gasteiger partial charge is 0.422 e. The summed E-state index contributed by atoms with van der Waals surface area (Å²) >= 11 is 0. The second-order valence-corrected chi connectivity index (χ2v) is 6.55. The maximum absolute atomic E-state index is 11.8. The summed E-state index contributed by atoms with van der Waals surface area (Å²) in [5.74, 6) is 0.495. The maximum Gasteiger partial charge on any atom is 0.422 e. The van der Waals surface area contributed by atoms with Crippen LogP contribution in [0.4, 0.5) is 4.79 Å². The topological polar surface area (TPSA) is 63.2 Å². The van der Waals surface area contributed by atoms with Gasteiger partial charge < -0.3 is 4.74 Å². The first-order valence-corrected chi connectivity index (χ1v) is 7.61. The lowest BCUT2D eigenvalue weighted by Gasteiger charge is -2.26. The fourth-order valence-electron chi connectivity index (χ4n) is 2.72. The molecule has 1 aliphatic carbocycles. The molecule has 1 atom stereocenters. The molecule has 1 saturated carbocycles. The van der Waals surface area contributed by atoms with E-state index in [4.69, 9.17) is 4.74 Å². The minimum absolute atomic E-state index is 0.0289. The third-order valence-corrected chi connectivity index (χ3v) is 3.61. The molecule has 1 aromatic rings. The minimum atomic E-state index is -0.500. The summed E-state index contributed by atoms with van der Waals surface area (Å²) in [4.78, 5) is 16.2. The lowest BCUT2D eigenvalue weighted by atomic mass is 9.95. The molecule has 0 aliphatic heterocycles. The average molecular weight is 291 g/mol. The van der Waals surface area contributed by atoms with Gasteiger partial charge in [0.1, 0.15) is 5.60 Å². The Morgan fingerprint density at radius 2 is 2.05 bits per heavy atom. The Balaban J connectivity index is 1.98. The fraction of sp³-hybridized carbons (Fsp3) is 0.625. The molecule has 2 rings (SSSR count). The number of hydrogen-bond acceptors (Lipinski definition) is 4. The van der Waals surface area contributed by atoms with Gasteiger partial charge in [0.25, 0.3) is 0 Å². The van der Waals surface area contributed by atoms with Crippen LogP contribution >= 0.6 is 0 Å². The second kappa shape index (κ2) is 6.89. The van der Waals surface area contributed by atoms with Crippen LogP contribution in [-0.4, -0.2) is 16.7 Å². The normalized spacial score (nSPS) is 17.5. The van der Waals surface area contributed by atoms with E-state index in [2.05, 4.69) is 15.8 Å². The molecule has 0 aromatic carbocycles. The SMILES string of the molecule is CC(C)(C)OC(=O)NNC(c1ccccn1)C1CCCC1. The van der Waals surface area contributed by atoms with Crippen molar-refractivity contribution < 1.29 is 9.53 Å². The van der Waals surface area contributed by atoms with Crippen molar-refractivity contribution >= 4 is 6.09 Å². The van der Waals surface area contributed by atoms with E-state index >= 15 is 0 Å². The lowest BCUT2D eigenvalue weighted by Crippen LogP contribution is -2.44. The standard InChI is InChI=1S/C16H25N3O2/c1-16(2,3)21-15(20)19-18-14(12-8-4-5-9-12)13-10-6-7-11-17-13/h6-7,10-12,14,18H,4-5,8-9H2,1-3H3,(H,19,20). The molecule has 1 unspecified atom stereocenters. The number of carbonyl (C=O) groups excluding carboxylic acids is 1. The summed E-state index contributed by atoms with van der Waals surface area (Å²) in [7, 11) is 0. The number of hydrogen-bond donors (Lipinski definition) is 2. The average Bonchev–Trinajstić information content (AvgIpc) is 2.92. The van der Waals surface area contributed by atoms with Gasteiger partial charge in [-0.25, -0.2) is 10.2 Å². The lowest BCUT2D eigenvalue weighted by molar-refractivity contribution is 0.0478. The molecule has 1 aliphatic rings. The van der Waals surface area contributed by atoms with Crippen molar-refractivity contribution in [1.29, 1.82) is 0 Å². The molecule has 0 bridgehead atoms. The summed E-state index contributed by atoms with van der Waals surface area (Å²) in [5.41, 5.74) is 6.24. The van der Waals surface area contributed by atoms with E-state index in [1.807, 2.05) is 39.0 Å². The first kappa shape index (κ1) is 15.8. The first-order chi connectivity index (χ1) is 9.96. The molecule has 1 fully saturated rings. The highest BCUT2D eigenvalue weighted by Crippen LogP contribution is 2.34. The number of nitrogens with zero attached hydrogens (tertiary/aromatic N) is 1. The first-order valence-electron chi connectivity index (χ1n) is 7.61. The zero-order chi connectivity index (χ0) is 15.3. The summed E-state index contributed by atoms with van der Waals surface area (Å²) in [6, 6.07) is 5.89. The number of carbonyl (C=O) groups is 1. The zero-order valence-electron chi connectivity index (χ0n) is 13.1. The van der Waals surface area contributed by atoms with Crippen molar-refractivity contribution in [2.75, 3.05) is 0 Å². The Morgan fingerprint density at radius 3 is 2.62 bits per heavy atom. The van der Waals surface area contributed by atoms with Gasteiger partial charge in [-0.3, -0.25) is 10.4 Å². The Kier molecular flexibility index (Phi) is 5.17. The number of nitrogens with one attached hydrogen (secondary N) is 2. The van der Waals surface area contributed by atoms with E-state index in [-0.39, 0.29) is 6.04 Å². The molecule has 5 nitrogen and oxygen atoms in total. The molecule has 0 radical (unpaired) electrons. The van der Waals surface area contributed by atoms with Crippen LogP contribution in [0.1, 0.15) is 58.2 Å². The minimum Gasteiger partial charge on any atom is -0.443 e. The van der Waals surface area contributed by atoms with Gasteiger partial charge in [0.05, 0.1) is 11.7 Å². The van der Waals surface area contributed by atoms with Crippen LogP contribution in [-0.2, 0) is 4.74 Å². The monoisotopic (exact) mass is 291 g/mol. The van der Waals surface area contributed by atoms with Crippen molar-refractivity contribution in [3.8, 4) is 0 Å². The third kappa shape index (κ3) is 5.01. The fourth-order valence-corrected chi connectivity index (χ4v) is 2.72. The van der Waals surface area contributed by atoms with Gasteiger partial charge >= 0.3 is 6.09 Å². The largest absolute Gasteiger partial charge is 0.443 e. The van der Waals surface area contributed by atoms with Gasteiger partial charge in [-0.1, -0.05) is 18.9 Å². The molecule has 1 aromatic heterocycles. The Hall–Kier alpha value is -1.62. The third-order valence-electron chi connectivity index (χ3n) is 3.61. The van der Waals surface area contributed by atoms with Crippen LogP contribution < -0.4 is 10.9 Å². The zero-order valence-corrected chi connectivity index (χ0v) is 13.1. The number of aromatic nitrogens is 1. The summed E-state index contributed by atoms with van der Waals surface area (Å²) < 4.78 is 5.25. The Bertz CT molecular complexity index is 450. The number of pyridine rings is 1. The van der Waals surface area contributed by atoms with E-state index in [1.54, 1.807) is 6.20 Å². The Morgan fingerprint density at radius 1 is 1.33 bits per heavy atom. The van der Waals surface area contributed by atoms with Crippen LogP contribution in [0.5, 0.6) is 0 Å². The van der Waals surface area contributed by atoms with Crippen LogP contribution in [0.3, 0.4) is 0 Å². The summed E-state index contributed by atoms with van der Waals surface area (Å²) in [6.45, 7) is 5.54. The summed E-state index contributed by atoms with van der Waals surface area (Å²) in [5, 5.41) is 0. The van der Waals surface area contributed by atoms with Crippen LogP contribution in [0.25, 0.3) is 0 Å². The molecular formula is C16H25N3O2. The highest BCUT2D eigenvalue weighted by Gasteiger charge is 2.28.